The first-order chi connectivity index (χ1) is 9.19. The Kier molecular flexibility index (Phi) is 2.95. The summed E-state index contributed by atoms with van der Waals surface area (Å²) in [6.07, 6.45) is 2.73. The number of nitrogens with zero attached hydrogens (tertiary/aromatic N) is 2. The van der Waals surface area contributed by atoms with Gasteiger partial charge in [-0.15, -0.1) is 0 Å². The molecule has 0 aliphatic carbocycles. The van der Waals surface area contributed by atoms with Crippen molar-refractivity contribution < 1.29 is 4.79 Å². The maximum Gasteiger partial charge on any atom is 0.169 e. The van der Waals surface area contributed by atoms with Gasteiger partial charge in [0.1, 0.15) is 17.0 Å². The number of aldehydes is 1. The van der Waals surface area contributed by atoms with Gasteiger partial charge in [0.25, 0.3) is 0 Å². The van der Waals surface area contributed by atoms with E-state index in [1.807, 2.05) is 53.9 Å². The third-order valence-corrected chi connectivity index (χ3v) is 3.58. The summed E-state index contributed by atoms with van der Waals surface area (Å²) >= 11 is 3.40. The molecule has 0 unspecified atom stereocenters. The van der Waals surface area contributed by atoms with Crippen LogP contribution in [-0.4, -0.2) is 15.7 Å². The van der Waals surface area contributed by atoms with Crippen LogP contribution in [0.15, 0.2) is 47.1 Å². The summed E-state index contributed by atoms with van der Waals surface area (Å²) in [5, 5.41) is 0. The van der Waals surface area contributed by atoms with E-state index in [9.17, 15) is 4.79 Å². The molecule has 19 heavy (non-hydrogen) atoms. The molecule has 1 aromatic carbocycles. The highest BCUT2D eigenvalue weighted by atomic mass is 79.9. The van der Waals surface area contributed by atoms with Crippen molar-refractivity contribution >= 4 is 27.9 Å². The number of halogens is 1. The molecule has 0 saturated carbocycles. The topological polar surface area (TPSA) is 34.4 Å². The molecule has 0 aliphatic rings. The van der Waals surface area contributed by atoms with Gasteiger partial charge in [0.2, 0.25) is 0 Å². The zero-order chi connectivity index (χ0) is 13.4. The highest BCUT2D eigenvalue weighted by Crippen LogP contribution is 2.25. The van der Waals surface area contributed by atoms with Crippen molar-refractivity contribution in [3.63, 3.8) is 0 Å². The number of hydrogen-bond donors (Lipinski definition) is 0. The van der Waals surface area contributed by atoms with E-state index >= 15 is 0 Å². The lowest BCUT2D eigenvalue weighted by Crippen LogP contribution is -1.92. The Morgan fingerprint density at radius 1 is 1.21 bits per heavy atom. The van der Waals surface area contributed by atoms with Crippen LogP contribution < -0.4 is 0 Å². The van der Waals surface area contributed by atoms with Gasteiger partial charge in [-0.1, -0.05) is 28.1 Å². The van der Waals surface area contributed by atoms with E-state index < -0.39 is 0 Å². The van der Waals surface area contributed by atoms with Gasteiger partial charge < -0.3 is 0 Å². The molecule has 0 aliphatic heterocycles. The van der Waals surface area contributed by atoms with Gasteiger partial charge >= 0.3 is 0 Å². The molecule has 0 saturated heterocycles. The number of aryl methyl sites for hydroxylation is 1. The number of carbonyl (C=O) groups excluding carboxylic acids is 1. The van der Waals surface area contributed by atoms with Crippen LogP contribution in [0.3, 0.4) is 0 Å². The normalized spacial score (nSPS) is 10.8. The average molecular weight is 315 g/mol. The van der Waals surface area contributed by atoms with Crippen LogP contribution in [-0.2, 0) is 0 Å². The molecule has 0 bridgehead atoms. The van der Waals surface area contributed by atoms with Crippen LogP contribution >= 0.6 is 15.9 Å². The van der Waals surface area contributed by atoms with Gasteiger partial charge in [0, 0.05) is 16.2 Å². The minimum Gasteiger partial charge on any atom is -0.297 e. The van der Waals surface area contributed by atoms with Crippen molar-refractivity contribution in [2.24, 2.45) is 0 Å². The summed E-state index contributed by atoms with van der Waals surface area (Å²) in [6.45, 7) is 2.01. The first-order valence-corrected chi connectivity index (χ1v) is 6.68. The molecule has 2 aromatic heterocycles. The lowest BCUT2D eigenvalue weighted by Gasteiger charge is -1.99. The Hall–Kier alpha value is -1.94. The van der Waals surface area contributed by atoms with Crippen molar-refractivity contribution in [3.05, 3.63) is 58.3 Å². The van der Waals surface area contributed by atoms with Crippen LogP contribution in [0.1, 0.15) is 16.1 Å². The molecule has 2 heterocycles. The lowest BCUT2D eigenvalue weighted by molar-refractivity contribution is 0.111. The molecule has 3 aromatic rings. The van der Waals surface area contributed by atoms with E-state index in [0.717, 1.165) is 27.5 Å². The largest absolute Gasteiger partial charge is 0.297 e. The Bertz CT molecular complexity index is 760. The zero-order valence-electron chi connectivity index (χ0n) is 10.3. The third kappa shape index (κ3) is 2.08. The number of aromatic nitrogens is 2. The highest BCUT2D eigenvalue weighted by Gasteiger charge is 2.13. The Labute approximate surface area is 119 Å². The van der Waals surface area contributed by atoms with Crippen LogP contribution in [0.25, 0.3) is 16.9 Å². The van der Waals surface area contributed by atoms with E-state index in [0.29, 0.717) is 11.4 Å². The van der Waals surface area contributed by atoms with Gasteiger partial charge in [-0.3, -0.25) is 9.20 Å². The Balaban J connectivity index is 2.28. The maximum atomic E-state index is 11.4. The minimum absolute atomic E-state index is 0.581. The van der Waals surface area contributed by atoms with Crippen molar-refractivity contribution in [1.29, 1.82) is 0 Å². The minimum atomic E-state index is 0.581. The number of fused-ring (bicyclic) bond motifs is 1. The number of pyridine rings is 1. The molecule has 0 N–H and O–H groups in total. The fraction of sp³-hybridized carbons (Fsp3) is 0.0667. The van der Waals surface area contributed by atoms with E-state index in [1.165, 1.54) is 0 Å². The van der Waals surface area contributed by atoms with Crippen molar-refractivity contribution in [1.82, 2.24) is 9.38 Å². The van der Waals surface area contributed by atoms with Crippen LogP contribution in [0.2, 0.25) is 0 Å². The molecule has 94 valence electrons. The van der Waals surface area contributed by atoms with Crippen molar-refractivity contribution in [2.75, 3.05) is 0 Å². The van der Waals surface area contributed by atoms with Gasteiger partial charge in [0.05, 0.1) is 0 Å². The number of benzene rings is 1. The molecular formula is C15H11BrN2O. The van der Waals surface area contributed by atoms with Crippen molar-refractivity contribution in [3.8, 4) is 11.3 Å². The quantitative estimate of drug-likeness (QED) is 0.673. The summed E-state index contributed by atoms with van der Waals surface area (Å²) in [7, 11) is 0. The molecule has 3 nitrogen and oxygen atoms in total. The summed E-state index contributed by atoms with van der Waals surface area (Å²) in [6, 6.07) is 11.7. The third-order valence-electron chi connectivity index (χ3n) is 3.05. The van der Waals surface area contributed by atoms with Crippen LogP contribution in [0.5, 0.6) is 0 Å². The van der Waals surface area contributed by atoms with Gasteiger partial charge in [-0.25, -0.2) is 4.98 Å². The number of hydrogen-bond acceptors (Lipinski definition) is 2. The fourth-order valence-corrected chi connectivity index (χ4v) is 2.36. The summed E-state index contributed by atoms with van der Waals surface area (Å²) in [4.78, 5) is 15.9. The number of carbonyl (C=O) groups is 1. The molecular weight excluding hydrogens is 304 g/mol. The molecule has 0 spiro atoms. The van der Waals surface area contributed by atoms with Crippen LogP contribution in [0, 0.1) is 6.92 Å². The molecule has 0 atom stereocenters. The summed E-state index contributed by atoms with van der Waals surface area (Å²) in [5.41, 5.74) is 4.15. The molecule has 0 amide bonds. The lowest BCUT2D eigenvalue weighted by atomic mass is 10.1. The van der Waals surface area contributed by atoms with Gasteiger partial charge in [-0.2, -0.15) is 0 Å². The first kappa shape index (κ1) is 12.1. The molecule has 0 fully saturated rings. The second-order valence-corrected chi connectivity index (χ2v) is 5.32. The highest BCUT2D eigenvalue weighted by molar-refractivity contribution is 9.10. The maximum absolute atomic E-state index is 11.4. The van der Waals surface area contributed by atoms with Gasteiger partial charge in [-0.05, 0) is 36.8 Å². The van der Waals surface area contributed by atoms with Gasteiger partial charge in [0.15, 0.2) is 6.29 Å². The number of rotatable bonds is 2. The van der Waals surface area contributed by atoms with E-state index in [-0.39, 0.29) is 0 Å². The first-order valence-electron chi connectivity index (χ1n) is 5.89. The summed E-state index contributed by atoms with van der Waals surface area (Å²) in [5.74, 6) is 0. The predicted molar refractivity (Wildman–Crippen MR) is 78.5 cm³/mol. The SMILES string of the molecule is Cc1ccn2c(C=O)c(-c3ccc(Br)cc3)nc2c1. The average Bonchev–Trinajstić information content (AvgIpc) is 2.77. The van der Waals surface area contributed by atoms with E-state index in [1.54, 1.807) is 0 Å². The van der Waals surface area contributed by atoms with Crippen LogP contribution in [0.4, 0.5) is 0 Å². The molecule has 4 heteroatoms. The zero-order valence-corrected chi connectivity index (χ0v) is 11.9. The predicted octanol–water partition coefficient (Wildman–Crippen LogP) is 3.88. The summed E-state index contributed by atoms with van der Waals surface area (Å²) < 4.78 is 2.82. The second kappa shape index (κ2) is 4.63. The Morgan fingerprint density at radius 2 is 1.95 bits per heavy atom. The fourth-order valence-electron chi connectivity index (χ4n) is 2.10. The standard InChI is InChI=1S/C15H11BrN2O/c1-10-6-7-18-13(9-19)15(17-14(18)8-10)11-2-4-12(16)5-3-11/h2-9H,1H3. The van der Waals surface area contributed by atoms with E-state index in [2.05, 4.69) is 20.9 Å². The monoisotopic (exact) mass is 314 g/mol. The number of imidazole rings is 1. The molecule has 0 radical (unpaired) electrons. The van der Waals surface area contributed by atoms with E-state index in [4.69, 9.17) is 0 Å². The van der Waals surface area contributed by atoms with Crippen molar-refractivity contribution in [2.45, 2.75) is 6.92 Å². The Morgan fingerprint density at radius 3 is 2.63 bits per heavy atom. The molecule has 3 rings (SSSR count). The smallest absolute Gasteiger partial charge is 0.169 e. The second-order valence-electron chi connectivity index (χ2n) is 4.40.